The first kappa shape index (κ1) is 8.74. The minimum absolute atomic E-state index is 0.360. The molecule has 0 heterocycles. The van der Waals surface area contributed by atoms with Gasteiger partial charge < -0.3 is 15.8 Å². The fourth-order valence-corrected chi connectivity index (χ4v) is 0.929. The van der Waals surface area contributed by atoms with Gasteiger partial charge in [0.2, 0.25) is 0 Å². The molecule has 0 unspecified atom stereocenters. The summed E-state index contributed by atoms with van der Waals surface area (Å²) in [5.74, 6) is -0.682. The van der Waals surface area contributed by atoms with E-state index in [4.69, 9.17) is 5.11 Å². The van der Waals surface area contributed by atoms with Gasteiger partial charge in [-0.15, -0.1) is 0 Å². The van der Waals surface area contributed by atoms with Gasteiger partial charge >= 0.3 is 5.97 Å². The Labute approximate surface area is 57.2 Å². The van der Waals surface area contributed by atoms with E-state index in [-0.39, 0.29) is 0 Å². The van der Waals surface area contributed by atoms with E-state index in [0.717, 1.165) is 0 Å². The van der Waals surface area contributed by atoms with Gasteiger partial charge in [-0.25, -0.2) is 4.79 Å². The predicted octanol–water partition coefficient (Wildman–Crippen LogP) is -1.14. The first-order chi connectivity index (χ1) is 4.22. The van der Waals surface area contributed by atoms with Gasteiger partial charge in [0.25, 0.3) is 0 Å². The molecule has 9 heavy (non-hydrogen) atoms. The largest absolute Gasteiger partial charge is 0.635 e. The molecule has 0 amide bonds. The molecule has 0 radical (unpaired) electrons. The summed E-state index contributed by atoms with van der Waals surface area (Å²) in [5, 5.41) is 18.2. The Morgan fingerprint density at radius 2 is 2.56 bits per heavy atom. The molecular formula is C4H9NO3S. The number of hydrogen-bond donors (Lipinski definition) is 2. The highest BCUT2D eigenvalue weighted by molar-refractivity contribution is 7.98. The van der Waals surface area contributed by atoms with Crippen molar-refractivity contribution in [2.75, 3.05) is 12.0 Å². The lowest BCUT2D eigenvalue weighted by Gasteiger charge is -2.09. The molecule has 0 aliphatic carbocycles. The maximum atomic E-state index is 10.1. The number of nitrogens with two attached hydrogens (primary N) is 1. The van der Waals surface area contributed by atoms with E-state index < -0.39 is 12.0 Å². The minimum Gasteiger partial charge on any atom is -0.635 e. The zero-order chi connectivity index (χ0) is 7.28. The molecule has 4 nitrogen and oxygen atoms in total. The Kier molecular flexibility index (Phi) is 4.47. The quantitative estimate of drug-likeness (QED) is 0.498. The van der Waals surface area contributed by atoms with Gasteiger partial charge in [0.15, 0.2) is 6.04 Å². The number of thioether (sulfide) groups is 1. The Hall–Kier alpha value is -0.260. The molecule has 0 aliphatic heterocycles. The van der Waals surface area contributed by atoms with Crippen LogP contribution in [0.1, 0.15) is 0 Å². The molecular weight excluding hydrogens is 142 g/mol. The van der Waals surface area contributed by atoms with Crippen molar-refractivity contribution in [2.24, 2.45) is 0 Å². The zero-order valence-electron chi connectivity index (χ0n) is 5.03. The molecule has 0 spiro atoms. The van der Waals surface area contributed by atoms with E-state index in [0.29, 0.717) is 11.2 Å². The van der Waals surface area contributed by atoms with Crippen molar-refractivity contribution < 1.29 is 15.4 Å². The van der Waals surface area contributed by atoms with Crippen LogP contribution in [-0.2, 0) is 4.79 Å². The summed E-state index contributed by atoms with van der Waals surface area (Å²) in [4.78, 5) is 10.1. The first-order valence-electron chi connectivity index (χ1n) is 2.39. The Morgan fingerprint density at radius 1 is 2.00 bits per heavy atom. The highest BCUT2D eigenvalue weighted by atomic mass is 32.2. The maximum Gasteiger partial charge on any atom is 0.363 e. The molecule has 3 N–H and O–H groups in total. The zero-order valence-corrected chi connectivity index (χ0v) is 5.85. The number of hydroxylamine groups is 1. The molecule has 0 aromatic rings. The van der Waals surface area contributed by atoms with Crippen molar-refractivity contribution in [3.8, 4) is 0 Å². The van der Waals surface area contributed by atoms with Crippen LogP contribution in [0.25, 0.3) is 0 Å². The van der Waals surface area contributed by atoms with Gasteiger partial charge in [0.05, 0.1) is 5.75 Å². The second kappa shape index (κ2) is 4.60. The summed E-state index contributed by atoms with van der Waals surface area (Å²) >= 11 is 1.35. The maximum absolute atomic E-state index is 10.1. The fourth-order valence-electron chi connectivity index (χ4n) is 0.348. The standard InChI is InChI=1S/C4H9NO3S/c1-9-2-3(5-8)4(6)7/h3H,2,5H2,1H3,(H,6,7)/t3-/m0/s1. The van der Waals surface area contributed by atoms with Gasteiger partial charge in [-0.3, -0.25) is 0 Å². The SMILES string of the molecule is CSC[C@H]([NH2+][O-])C(=O)O. The van der Waals surface area contributed by atoms with Crippen molar-refractivity contribution in [1.82, 2.24) is 0 Å². The van der Waals surface area contributed by atoms with E-state index in [1.165, 1.54) is 11.8 Å². The number of quaternary nitrogens is 1. The lowest BCUT2D eigenvalue weighted by atomic mass is 10.4. The van der Waals surface area contributed by atoms with Crippen LogP contribution >= 0.6 is 11.8 Å². The molecule has 1 atom stereocenters. The van der Waals surface area contributed by atoms with Crippen LogP contribution < -0.4 is 5.48 Å². The lowest BCUT2D eigenvalue weighted by Crippen LogP contribution is -2.87. The van der Waals surface area contributed by atoms with E-state index in [9.17, 15) is 10.0 Å². The van der Waals surface area contributed by atoms with Crippen molar-refractivity contribution in [3.05, 3.63) is 5.21 Å². The molecule has 54 valence electrons. The highest BCUT2D eigenvalue weighted by Gasteiger charge is 2.15. The number of hydrogen-bond acceptors (Lipinski definition) is 3. The number of carboxylic acids is 1. The Bertz CT molecular complexity index is 97.8. The molecule has 0 bridgehead atoms. The topological polar surface area (TPSA) is 77.0 Å². The molecule has 0 fully saturated rings. The Morgan fingerprint density at radius 3 is 2.67 bits per heavy atom. The summed E-state index contributed by atoms with van der Waals surface area (Å²) in [5.41, 5.74) is 0.457. The monoisotopic (exact) mass is 151 g/mol. The van der Waals surface area contributed by atoms with Crippen LogP contribution in [0.3, 0.4) is 0 Å². The molecule has 0 saturated heterocycles. The van der Waals surface area contributed by atoms with Gasteiger partial charge in [-0.2, -0.15) is 11.8 Å². The van der Waals surface area contributed by atoms with Crippen molar-refractivity contribution in [3.63, 3.8) is 0 Å². The second-order valence-electron chi connectivity index (χ2n) is 1.54. The predicted molar refractivity (Wildman–Crippen MR) is 35.1 cm³/mol. The van der Waals surface area contributed by atoms with Crippen molar-refractivity contribution in [1.29, 1.82) is 0 Å². The van der Waals surface area contributed by atoms with E-state index in [1.807, 2.05) is 0 Å². The minimum atomic E-state index is -1.04. The third-order valence-electron chi connectivity index (χ3n) is 0.828. The normalized spacial score (nSPS) is 13.1. The average Bonchev–Trinajstić information content (AvgIpc) is 1.82. The smallest absolute Gasteiger partial charge is 0.363 e. The number of aliphatic carboxylic acids is 1. The summed E-state index contributed by atoms with van der Waals surface area (Å²) < 4.78 is 0. The van der Waals surface area contributed by atoms with E-state index in [1.54, 1.807) is 6.26 Å². The molecule has 0 aromatic carbocycles. The Balaban J connectivity index is 3.54. The van der Waals surface area contributed by atoms with Crippen LogP contribution in [0.15, 0.2) is 0 Å². The molecule has 0 aromatic heterocycles. The fraction of sp³-hybridized carbons (Fsp3) is 0.750. The molecule has 0 rings (SSSR count). The third-order valence-corrected chi connectivity index (χ3v) is 1.52. The van der Waals surface area contributed by atoms with Gasteiger partial charge in [-0.1, -0.05) is 0 Å². The molecule has 5 heteroatoms. The van der Waals surface area contributed by atoms with Crippen LogP contribution in [0.5, 0.6) is 0 Å². The van der Waals surface area contributed by atoms with Crippen molar-refractivity contribution in [2.45, 2.75) is 6.04 Å². The van der Waals surface area contributed by atoms with Gasteiger partial charge in [-0.05, 0) is 6.26 Å². The second-order valence-corrected chi connectivity index (χ2v) is 2.45. The highest BCUT2D eigenvalue weighted by Crippen LogP contribution is 1.92. The lowest BCUT2D eigenvalue weighted by molar-refractivity contribution is -0.610. The van der Waals surface area contributed by atoms with E-state index >= 15 is 0 Å². The summed E-state index contributed by atoms with van der Waals surface area (Å²) in [6.07, 6.45) is 1.76. The van der Waals surface area contributed by atoms with Gasteiger partial charge in [0, 0.05) is 0 Å². The number of carboxylic acid groups (broad SMARTS) is 1. The molecule has 0 aliphatic rings. The first-order valence-corrected chi connectivity index (χ1v) is 3.78. The van der Waals surface area contributed by atoms with Crippen molar-refractivity contribution >= 4 is 17.7 Å². The number of rotatable bonds is 4. The summed E-state index contributed by atoms with van der Waals surface area (Å²) in [6.45, 7) is 0. The van der Waals surface area contributed by atoms with Gasteiger partial charge in [0.1, 0.15) is 0 Å². The molecule has 0 saturated carbocycles. The number of carbonyl (C=O) groups is 1. The van der Waals surface area contributed by atoms with Crippen LogP contribution in [-0.4, -0.2) is 29.1 Å². The van der Waals surface area contributed by atoms with E-state index in [2.05, 4.69) is 0 Å². The summed E-state index contributed by atoms with van der Waals surface area (Å²) in [6, 6.07) is -0.833. The van der Waals surface area contributed by atoms with Crippen LogP contribution in [0, 0.1) is 5.21 Å². The third kappa shape index (κ3) is 3.34. The summed E-state index contributed by atoms with van der Waals surface area (Å²) in [7, 11) is 0. The average molecular weight is 151 g/mol. The van der Waals surface area contributed by atoms with Crippen LogP contribution in [0.2, 0.25) is 0 Å². The van der Waals surface area contributed by atoms with Crippen LogP contribution in [0.4, 0.5) is 0 Å².